The third kappa shape index (κ3) is 3.86. The van der Waals surface area contributed by atoms with Gasteiger partial charge in [0, 0.05) is 5.69 Å². The summed E-state index contributed by atoms with van der Waals surface area (Å²) in [5, 5.41) is 11.9. The minimum atomic E-state index is -0.939. The summed E-state index contributed by atoms with van der Waals surface area (Å²) in [5.41, 5.74) is 2.19. The zero-order valence-electron chi connectivity index (χ0n) is 17.5. The maximum absolute atomic E-state index is 13.0. The van der Waals surface area contributed by atoms with Gasteiger partial charge >= 0.3 is 0 Å². The van der Waals surface area contributed by atoms with Gasteiger partial charge in [0.15, 0.2) is 12.1 Å². The van der Waals surface area contributed by atoms with Crippen LogP contribution in [-0.4, -0.2) is 48.5 Å². The van der Waals surface area contributed by atoms with Crippen LogP contribution >= 0.6 is 0 Å². The van der Waals surface area contributed by atoms with Crippen molar-refractivity contribution in [3.8, 4) is 5.75 Å². The number of imide groups is 1. The Balaban J connectivity index is 1.45. The molecule has 0 saturated carbocycles. The lowest BCUT2D eigenvalue weighted by Gasteiger charge is -2.20. The second-order valence-corrected chi connectivity index (χ2v) is 7.73. The van der Waals surface area contributed by atoms with Gasteiger partial charge in [0.1, 0.15) is 12.3 Å². The molecule has 1 saturated heterocycles. The zero-order chi connectivity index (χ0) is 22.1. The van der Waals surface area contributed by atoms with E-state index in [0.717, 1.165) is 10.5 Å². The van der Waals surface area contributed by atoms with Crippen LogP contribution in [0.25, 0.3) is 0 Å². The Morgan fingerprint density at radius 1 is 1.06 bits per heavy atom. The van der Waals surface area contributed by atoms with E-state index in [9.17, 15) is 14.4 Å². The molecule has 0 unspecified atom stereocenters. The van der Waals surface area contributed by atoms with Crippen LogP contribution in [0.2, 0.25) is 0 Å². The molecule has 9 heteroatoms. The van der Waals surface area contributed by atoms with Crippen LogP contribution in [0.3, 0.4) is 0 Å². The molecule has 160 valence electrons. The van der Waals surface area contributed by atoms with Gasteiger partial charge in [0.05, 0.1) is 12.8 Å². The maximum Gasteiger partial charge on any atom is 0.263 e. The molecule has 2 aliphatic rings. The molecule has 0 radical (unpaired) electrons. The van der Waals surface area contributed by atoms with Gasteiger partial charge in [-0.25, -0.2) is 4.90 Å². The fourth-order valence-corrected chi connectivity index (χ4v) is 3.64. The van der Waals surface area contributed by atoms with Crippen molar-refractivity contribution in [3.63, 3.8) is 0 Å². The van der Waals surface area contributed by atoms with Gasteiger partial charge in [-0.1, -0.05) is 31.2 Å². The van der Waals surface area contributed by atoms with Crippen LogP contribution in [-0.2, 0) is 14.4 Å². The van der Waals surface area contributed by atoms with E-state index < -0.39 is 23.9 Å². The van der Waals surface area contributed by atoms with Gasteiger partial charge in [0.25, 0.3) is 11.8 Å². The number of carbonyl (C=O) groups excluding carboxylic acids is 3. The number of amides is 3. The van der Waals surface area contributed by atoms with Crippen molar-refractivity contribution in [3.05, 3.63) is 54.1 Å². The molecule has 3 amide bonds. The predicted molar refractivity (Wildman–Crippen MR) is 114 cm³/mol. The molecule has 0 aliphatic carbocycles. The fourth-order valence-electron chi connectivity index (χ4n) is 3.64. The molecule has 2 heterocycles. The molecule has 1 N–H and O–H groups in total. The van der Waals surface area contributed by atoms with Gasteiger partial charge in [-0.2, -0.15) is 5.11 Å². The monoisotopic (exact) mass is 421 g/mol. The number of nitrogens with one attached hydrogen (secondary N) is 1. The summed E-state index contributed by atoms with van der Waals surface area (Å²) in [6.45, 7) is 3.94. The number of carbonyl (C=O) groups is 3. The van der Waals surface area contributed by atoms with Crippen molar-refractivity contribution < 1.29 is 19.1 Å². The Bertz CT molecular complexity index is 1030. The largest absolute Gasteiger partial charge is 0.497 e. The van der Waals surface area contributed by atoms with E-state index in [1.165, 1.54) is 5.01 Å². The minimum absolute atomic E-state index is 0.199. The number of anilines is 2. The Morgan fingerprint density at radius 2 is 1.74 bits per heavy atom. The molecule has 9 nitrogen and oxygen atoms in total. The summed E-state index contributed by atoms with van der Waals surface area (Å²) >= 11 is 0. The molecule has 2 aromatic rings. The van der Waals surface area contributed by atoms with Crippen molar-refractivity contribution in [2.75, 3.05) is 23.9 Å². The molecule has 4 rings (SSSR count). The molecule has 2 atom stereocenters. The minimum Gasteiger partial charge on any atom is -0.497 e. The highest BCUT2D eigenvalue weighted by molar-refractivity contribution is 6.25. The first kappa shape index (κ1) is 20.5. The molecule has 0 bridgehead atoms. The number of methoxy groups -OCH3 is 1. The number of nitrogens with zero attached hydrogens (tertiary/aromatic N) is 4. The van der Waals surface area contributed by atoms with E-state index >= 15 is 0 Å². The Morgan fingerprint density at radius 3 is 2.35 bits per heavy atom. The molecular weight excluding hydrogens is 398 g/mol. The highest BCUT2D eigenvalue weighted by Gasteiger charge is 2.55. The molecule has 2 aromatic carbocycles. The summed E-state index contributed by atoms with van der Waals surface area (Å²) in [7, 11) is 1.56. The third-order valence-electron chi connectivity index (χ3n) is 5.36. The average molecular weight is 421 g/mol. The van der Waals surface area contributed by atoms with Gasteiger partial charge < -0.3 is 10.1 Å². The second-order valence-electron chi connectivity index (χ2n) is 7.73. The lowest BCUT2D eigenvalue weighted by atomic mass is 10.0. The Labute approximate surface area is 179 Å². The number of benzene rings is 2. The molecule has 1 fully saturated rings. The lowest BCUT2D eigenvalue weighted by Crippen LogP contribution is -2.43. The Kier molecular flexibility index (Phi) is 5.41. The van der Waals surface area contributed by atoms with Crippen molar-refractivity contribution in [1.82, 2.24) is 5.01 Å². The van der Waals surface area contributed by atoms with Gasteiger partial charge in [-0.05, 0) is 47.9 Å². The van der Waals surface area contributed by atoms with Crippen LogP contribution in [0.1, 0.15) is 25.3 Å². The standard InChI is InChI=1S/C22H23N5O4/c1-13(2)14-4-8-16(9-5-14)27-21(29)19-20(22(27)30)26(25-24-19)12-18(28)23-15-6-10-17(31-3)11-7-15/h4-11,13,19-20H,12H2,1-3H3,(H,23,28)/t19-,20-/m0/s1. The highest BCUT2D eigenvalue weighted by atomic mass is 16.5. The van der Waals surface area contributed by atoms with Crippen LogP contribution in [0.4, 0.5) is 11.4 Å². The van der Waals surface area contributed by atoms with Crippen molar-refractivity contribution in [2.24, 2.45) is 10.3 Å². The normalized spacial score (nSPS) is 19.9. The first-order valence-corrected chi connectivity index (χ1v) is 9.98. The van der Waals surface area contributed by atoms with E-state index in [1.807, 2.05) is 12.1 Å². The van der Waals surface area contributed by atoms with Crippen LogP contribution in [0.15, 0.2) is 58.9 Å². The SMILES string of the molecule is COc1ccc(NC(=O)CN2N=N[C@@H]3C(=O)N(c4ccc(C(C)C)cc4)C(=O)[C@H]32)cc1. The second kappa shape index (κ2) is 8.17. The number of ether oxygens (including phenoxy) is 1. The van der Waals surface area contributed by atoms with E-state index in [0.29, 0.717) is 23.0 Å². The van der Waals surface area contributed by atoms with Crippen molar-refractivity contribution in [2.45, 2.75) is 31.8 Å². The summed E-state index contributed by atoms with van der Waals surface area (Å²) in [4.78, 5) is 39.4. The number of fused-ring (bicyclic) bond motifs is 1. The molecule has 0 aromatic heterocycles. The van der Waals surface area contributed by atoms with Crippen LogP contribution in [0, 0.1) is 0 Å². The van der Waals surface area contributed by atoms with Gasteiger partial charge in [0.2, 0.25) is 5.91 Å². The van der Waals surface area contributed by atoms with Crippen LogP contribution < -0.4 is 15.0 Å². The summed E-state index contributed by atoms with van der Waals surface area (Å²) in [6, 6.07) is 12.3. The van der Waals surface area contributed by atoms with Crippen LogP contribution in [0.5, 0.6) is 5.75 Å². The maximum atomic E-state index is 13.0. The first-order chi connectivity index (χ1) is 14.9. The average Bonchev–Trinajstić information content (AvgIpc) is 3.28. The molecule has 31 heavy (non-hydrogen) atoms. The molecule has 0 spiro atoms. The number of hydrogen-bond donors (Lipinski definition) is 1. The summed E-state index contributed by atoms with van der Waals surface area (Å²) in [5.74, 6) is -0.230. The van der Waals surface area contributed by atoms with E-state index in [2.05, 4.69) is 29.5 Å². The lowest BCUT2D eigenvalue weighted by molar-refractivity contribution is -0.123. The fraction of sp³-hybridized carbons (Fsp3) is 0.318. The van der Waals surface area contributed by atoms with Crippen molar-refractivity contribution >= 4 is 29.1 Å². The Hall–Kier alpha value is -3.75. The topological polar surface area (TPSA) is 104 Å². The van der Waals surface area contributed by atoms with Crippen molar-refractivity contribution in [1.29, 1.82) is 0 Å². The number of rotatable bonds is 6. The first-order valence-electron chi connectivity index (χ1n) is 9.98. The van der Waals surface area contributed by atoms with E-state index in [-0.39, 0.29) is 12.5 Å². The summed E-state index contributed by atoms with van der Waals surface area (Å²) in [6.07, 6.45) is 0. The number of hydrogen-bond acceptors (Lipinski definition) is 7. The van der Waals surface area contributed by atoms with E-state index in [4.69, 9.17) is 4.74 Å². The zero-order valence-corrected chi connectivity index (χ0v) is 17.5. The quantitative estimate of drug-likeness (QED) is 0.723. The smallest absolute Gasteiger partial charge is 0.263 e. The van der Waals surface area contributed by atoms with Gasteiger partial charge in [-0.15, -0.1) is 0 Å². The third-order valence-corrected chi connectivity index (χ3v) is 5.36. The predicted octanol–water partition coefficient (Wildman–Crippen LogP) is 2.75. The summed E-state index contributed by atoms with van der Waals surface area (Å²) < 4.78 is 5.09. The highest BCUT2D eigenvalue weighted by Crippen LogP contribution is 2.32. The molecule has 2 aliphatic heterocycles. The van der Waals surface area contributed by atoms with E-state index in [1.54, 1.807) is 43.5 Å². The van der Waals surface area contributed by atoms with Gasteiger partial charge in [-0.3, -0.25) is 19.4 Å². The molecular formula is C22H23N5O4.